The van der Waals surface area contributed by atoms with Crippen molar-refractivity contribution >= 4 is 29.1 Å². The lowest BCUT2D eigenvalue weighted by Gasteiger charge is -2.31. The zero-order chi connectivity index (χ0) is 28.6. The van der Waals surface area contributed by atoms with E-state index >= 15 is 0 Å². The second-order valence-electron chi connectivity index (χ2n) is 11.2. The van der Waals surface area contributed by atoms with Gasteiger partial charge >= 0.3 is 0 Å². The molecule has 0 unspecified atom stereocenters. The molecule has 8 nitrogen and oxygen atoms in total. The van der Waals surface area contributed by atoms with Gasteiger partial charge < -0.3 is 24.5 Å². The van der Waals surface area contributed by atoms with Crippen LogP contribution in [0.3, 0.4) is 0 Å². The maximum atomic E-state index is 14.3. The van der Waals surface area contributed by atoms with Crippen LogP contribution in [0.5, 0.6) is 0 Å². The molecule has 3 aromatic carbocycles. The first kappa shape index (κ1) is 27.2. The summed E-state index contributed by atoms with van der Waals surface area (Å²) >= 11 is 0. The number of hydrogen-bond acceptors (Lipinski definition) is 5. The number of hydrogen-bond donors (Lipinski definition) is 1. The topological polar surface area (TPSA) is 90.4 Å². The molecular formula is C33H35N3O5. The fourth-order valence-corrected chi connectivity index (χ4v) is 6.44. The van der Waals surface area contributed by atoms with Crippen molar-refractivity contribution in [3.8, 4) is 0 Å². The molecule has 3 atom stereocenters. The van der Waals surface area contributed by atoms with Gasteiger partial charge in [0.25, 0.3) is 5.91 Å². The van der Waals surface area contributed by atoms with E-state index in [1.165, 1.54) is 0 Å². The van der Waals surface area contributed by atoms with Gasteiger partial charge in [0.1, 0.15) is 0 Å². The summed E-state index contributed by atoms with van der Waals surface area (Å²) in [6, 6.07) is 25.2. The zero-order valence-electron chi connectivity index (χ0n) is 23.2. The van der Waals surface area contributed by atoms with Crippen molar-refractivity contribution in [2.24, 2.45) is 5.92 Å². The molecule has 0 bridgehead atoms. The molecule has 2 saturated heterocycles. The first-order chi connectivity index (χ1) is 19.9. The number of aliphatic hydroxyl groups excluding tert-OH is 1. The molecule has 0 radical (unpaired) electrons. The van der Waals surface area contributed by atoms with E-state index in [1.54, 1.807) is 14.7 Å². The summed E-state index contributed by atoms with van der Waals surface area (Å²) < 4.78 is 6.63. The highest BCUT2D eigenvalue weighted by atomic mass is 16.5. The summed E-state index contributed by atoms with van der Waals surface area (Å²) in [6.45, 7) is 3.61. The van der Waals surface area contributed by atoms with Gasteiger partial charge in [-0.15, -0.1) is 0 Å². The number of amides is 3. The third-order valence-electron chi connectivity index (χ3n) is 8.58. The van der Waals surface area contributed by atoms with Gasteiger partial charge in [0.2, 0.25) is 11.8 Å². The number of anilines is 2. The van der Waals surface area contributed by atoms with Crippen molar-refractivity contribution in [1.82, 2.24) is 4.90 Å². The fourth-order valence-electron chi connectivity index (χ4n) is 6.44. The van der Waals surface area contributed by atoms with Gasteiger partial charge in [-0.2, -0.15) is 0 Å². The predicted octanol–water partition coefficient (Wildman–Crippen LogP) is 4.00. The molecule has 0 aromatic heterocycles. The second kappa shape index (κ2) is 11.1. The molecule has 8 heteroatoms. The summed E-state index contributed by atoms with van der Waals surface area (Å²) in [7, 11) is 0. The molecule has 6 rings (SSSR count). The average Bonchev–Trinajstić information content (AvgIpc) is 3.42. The third-order valence-corrected chi connectivity index (χ3v) is 8.58. The third kappa shape index (κ3) is 4.91. The lowest BCUT2D eigenvalue weighted by atomic mass is 9.83. The predicted molar refractivity (Wildman–Crippen MR) is 155 cm³/mol. The number of carbonyl (C=O) groups is 3. The number of aliphatic hydroxyl groups is 1. The van der Waals surface area contributed by atoms with Gasteiger partial charge in [-0.25, -0.2) is 0 Å². The Balaban J connectivity index is 1.22. The van der Waals surface area contributed by atoms with E-state index in [9.17, 15) is 19.5 Å². The Kier molecular flexibility index (Phi) is 7.36. The van der Waals surface area contributed by atoms with Crippen molar-refractivity contribution < 1.29 is 24.2 Å². The van der Waals surface area contributed by atoms with Crippen LogP contribution in [0, 0.1) is 5.92 Å². The summed E-state index contributed by atoms with van der Waals surface area (Å²) in [5, 5.41) is 9.61. The summed E-state index contributed by atoms with van der Waals surface area (Å²) in [4.78, 5) is 44.8. The minimum Gasteiger partial charge on any atom is -0.395 e. The fraction of sp³-hybridized carbons (Fsp3) is 0.364. The largest absolute Gasteiger partial charge is 0.395 e. The van der Waals surface area contributed by atoms with Gasteiger partial charge in [0, 0.05) is 43.2 Å². The van der Waals surface area contributed by atoms with Crippen LogP contribution in [0.2, 0.25) is 0 Å². The minimum atomic E-state index is -1.16. The maximum Gasteiger partial charge on any atom is 0.264 e. The summed E-state index contributed by atoms with van der Waals surface area (Å²) in [5.74, 6) is -0.253. The molecule has 3 heterocycles. The highest BCUT2D eigenvalue weighted by Gasteiger charge is 2.60. The molecule has 1 N–H and O–H groups in total. The molecule has 41 heavy (non-hydrogen) atoms. The van der Waals surface area contributed by atoms with Crippen LogP contribution in [-0.2, 0) is 37.8 Å². The summed E-state index contributed by atoms with van der Waals surface area (Å²) in [5.41, 5.74) is 3.25. The Morgan fingerprint density at radius 1 is 1.02 bits per heavy atom. The molecule has 0 aliphatic carbocycles. The number of β-lactam (4-membered cyclic amide) rings is 1. The van der Waals surface area contributed by atoms with E-state index in [4.69, 9.17) is 4.74 Å². The van der Waals surface area contributed by atoms with Crippen LogP contribution in [0.25, 0.3) is 0 Å². The van der Waals surface area contributed by atoms with E-state index < -0.39 is 11.7 Å². The van der Waals surface area contributed by atoms with Gasteiger partial charge in [-0.3, -0.25) is 14.4 Å². The maximum absolute atomic E-state index is 14.3. The van der Waals surface area contributed by atoms with Crippen LogP contribution < -0.4 is 9.80 Å². The molecule has 2 fully saturated rings. The number of para-hydroxylation sites is 1. The average molecular weight is 554 g/mol. The quantitative estimate of drug-likeness (QED) is 0.405. The van der Waals surface area contributed by atoms with Gasteiger partial charge in [0.15, 0.2) is 5.60 Å². The van der Waals surface area contributed by atoms with E-state index in [1.807, 2.05) is 85.8 Å². The summed E-state index contributed by atoms with van der Waals surface area (Å²) in [6.07, 6.45) is 0.852. The van der Waals surface area contributed by atoms with Crippen LogP contribution in [0.4, 0.5) is 11.4 Å². The zero-order valence-corrected chi connectivity index (χ0v) is 23.2. The number of benzene rings is 3. The SMILES string of the molecule is C[C@@H]1C[C@H](CC(=O)N(CCO)Cc2ccccc2)O[C@@]12C(=O)N(Cc1cccc(N3CCC3=O)c1)c1ccccc12. The molecule has 1 spiro atoms. The highest BCUT2D eigenvalue weighted by Crippen LogP contribution is 2.53. The van der Waals surface area contributed by atoms with Crippen LogP contribution in [0.1, 0.15) is 42.9 Å². The second-order valence-corrected chi connectivity index (χ2v) is 11.2. The van der Waals surface area contributed by atoms with Crippen molar-refractivity contribution in [2.75, 3.05) is 29.5 Å². The lowest BCUT2D eigenvalue weighted by molar-refractivity contribution is -0.150. The Labute approximate surface area is 240 Å². The van der Waals surface area contributed by atoms with Crippen molar-refractivity contribution in [1.29, 1.82) is 0 Å². The van der Waals surface area contributed by atoms with Crippen molar-refractivity contribution in [2.45, 2.75) is 51.0 Å². The van der Waals surface area contributed by atoms with Gasteiger partial charge in [-0.05, 0) is 35.7 Å². The van der Waals surface area contributed by atoms with E-state index in [0.717, 1.165) is 28.1 Å². The Bertz CT molecular complexity index is 1460. The molecule has 3 aromatic rings. The number of nitrogens with zero attached hydrogens (tertiary/aromatic N) is 3. The lowest BCUT2D eigenvalue weighted by Crippen LogP contribution is -2.44. The minimum absolute atomic E-state index is 0.106. The van der Waals surface area contributed by atoms with Crippen molar-refractivity contribution in [3.63, 3.8) is 0 Å². The number of ether oxygens (including phenoxy) is 1. The molecule has 3 amide bonds. The Hall–Kier alpha value is -4.01. The highest BCUT2D eigenvalue weighted by molar-refractivity contribution is 6.07. The first-order valence-corrected chi connectivity index (χ1v) is 14.3. The number of rotatable bonds is 9. The van der Waals surface area contributed by atoms with Gasteiger partial charge in [0.05, 0.1) is 31.4 Å². The van der Waals surface area contributed by atoms with Crippen molar-refractivity contribution in [3.05, 3.63) is 95.6 Å². The standard InChI is InChI=1S/C33H35N3O5/c1-23-18-27(20-31(39)34(16-17-37)21-24-8-3-2-4-9-24)41-33(23)28-12-5-6-13-29(28)36(32(33)40)22-25-10-7-11-26(19-25)35-15-14-30(35)38/h2-13,19,23,27,37H,14-18,20-22H2,1H3/t23-,27-,33+/m1/s1. The van der Waals surface area contributed by atoms with E-state index in [-0.39, 0.29) is 43.2 Å². The van der Waals surface area contributed by atoms with Crippen LogP contribution in [0.15, 0.2) is 78.9 Å². The normalized spacial score (nSPS) is 23.2. The van der Waals surface area contributed by atoms with Crippen LogP contribution in [-0.4, -0.2) is 53.5 Å². The smallest absolute Gasteiger partial charge is 0.264 e. The van der Waals surface area contributed by atoms with Crippen LogP contribution >= 0.6 is 0 Å². The monoisotopic (exact) mass is 553 g/mol. The molecular weight excluding hydrogens is 518 g/mol. The van der Waals surface area contributed by atoms with Gasteiger partial charge in [-0.1, -0.05) is 67.6 Å². The first-order valence-electron chi connectivity index (χ1n) is 14.3. The molecule has 3 aliphatic rings. The molecule has 3 aliphatic heterocycles. The molecule has 212 valence electrons. The van der Waals surface area contributed by atoms with E-state index in [0.29, 0.717) is 32.5 Å². The number of fused-ring (bicyclic) bond motifs is 2. The molecule has 0 saturated carbocycles. The number of carbonyl (C=O) groups excluding carboxylic acids is 3. The Morgan fingerprint density at radius 3 is 2.51 bits per heavy atom. The Morgan fingerprint density at radius 2 is 1.78 bits per heavy atom. The van der Waals surface area contributed by atoms with E-state index in [2.05, 4.69) is 0 Å².